The summed E-state index contributed by atoms with van der Waals surface area (Å²) in [5.41, 5.74) is 0. The molecule has 0 aliphatic carbocycles. The third kappa shape index (κ3) is 5.73. The van der Waals surface area contributed by atoms with Crippen LogP contribution in [-0.4, -0.2) is 36.3 Å². The molecule has 0 fully saturated rings. The lowest BCUT2D eigenvalue weighted by atomic mass is 10.2. The van der Waals surface area contributed by atoms with Crippen LogP contribution in [0.15, 0.2) is 0 Å². The highest BCUT2D eigenvalue weighted by Crippen LogP contribution is 1.96. The number of hydrogen-bond acceptors (Lipinski definition) is 2. The summed E-state index contributed by atoms with van der Waals surface area (Å²) in [6.45, 7) is 9.38. The summed E-state index contributed by atoms with van der Waals surface area (Å²) in [6, 6.07) is 0. The molecule has 0 aromatic rings. The Hall–Kier alpha value is -1.06. The van der Waals surface area contributed by atoms with Gasteiger partial charge in [-0.15, -0.1) is 0 Å². The van der Waals surface area contributed by atoms with Gasteiger partial charge in [0.1, 0.15) is 0 Å². The lowest BCUT2D eigenvalue weighted by molar-refractivity contribution is -0.133. The van der Waals surface area contributed by atoms with Gasteiger partial charge in [-0.05, 0) is 12.8 Å². The molecule has 4 heteroatoms. The summed E-state index contributed by atoms with van der Waals surface area (Å²) in [4.78, 5) is 24.9. The van der Waals surface area contributed by atoms with Crippen LogP contribution >= 0.6 is 0 Å². The molecule has 0 saturated carbocycles. The first-order valence-corrected chi connectivity index (χ1v) is 6.08. The minimum absolute atomic E-state index is 0.0118. The lowest BCUT2D eigenvalue weighted by Gasteiger charge is -2.21. The first-order valence-electron chi connectivity index (χ1n) is 6.08. The SMILES string of the molecule is CCCN(CCC)C(=O)CNC(=O)C(C)C. The second-order valence-electron chi connectivity index (χ2n) is 4.25. The van der Waals surface area contributed by atoms with Crippen LogP contribution in [0.4, 0.5) is 0 Å². The molecule has 1 N–H and O–H groups in total. The monoisotopic (exact) mass is 228 g/mol. The molecule has 4 nitrogen and oxygen atoms in total. The van der Waals surface area contributed by atoms with E-state index in [1.165, 1.54) is 0 Å². The molecule has 0 aliphatic rings. The highest BCUT2D eigenvalue weighted by atomic mass is 16.2. The first kappa shape index (κ1) is 14.9. The van der Waals surface area contributed by atoms with Crippen LogP contribution in [0.1, 0.15) is 40.5 Å². The van der Waals surface area contributed by atoms with E-state index in [-0.39, 0.29) is 24.3 Å². The Morgan fingerprint density at radius 1 is 1.12 bits per heavy atom. The van der Waals surface area contributed by atoms with Gasteiger partial charge in [0.2, 0.25) is 11.8 Å². The van der Waals surface area contributed by atoms with Crippen LogP contribution in [0.5, 0.6) is 0 Å². The van der Waals surface area contributed by atoms with Crippen LogP contribution in [0.2, 0.25) is 0 Å². The van der Waals surface area contributed by atoms with E-state index in [9.17, 15) is 9.59 Å². The Morgan fingerprint density at radius 3 is 2.00 bits per heavy atom. The molecule has 0 bridgehead atoms. The van der Waals surface area contributed by atoms with E-state index in [4.69, 9.17) is 0 Å². The first-order chi connectivity index (χ1) is 7.52. The molecular formula is C12H24N2O2. The maximum absolute atomic E-state index is 11.8. The van der Waals surface area contributed by atoms with Gasteiger partial charge in [-0.1, -0.05) is 27.7 Å². The maximum Gasteiger partial charge on any atom is 0.241 e. The Bertz CT molecular complexity index is 221. The van der Waals surface area contributed by atoms with Crippen LogP contribution in [-0.2, 0) is 9.59 Å². The van der Waals surface area contributed by atoms with Crippen LogP contribution in [0, 0.1) is 5.92 Å². The fourth-order valence-corrected chi connectivity index (χ4v) is 1.38. The molecule has 0 unspecified atom stereocenters. The van der Waals surface area contributed by atoms with Crippen molar-refractivity contribution >= 4 is 11.8 Å². The van der Waals surface area contributed by atoms with Crippen LogP contribution in [0.3, 0.4) is 0 Å². The van der Waals surface area contributed by atoms with Gasteiger partial charge in [0.25, 0.3) is 0 Å². The summed E-state index contributed by atoms with van der Waals surface area (Å²) in [5.74, 6) is -0.127. The number of nitrogens with zero attached hydrogens (tertiary/aromatic N) is 1. The minimum Gasteiger partial charge on any atom is -0.347 e. The number of carbonyl (C=O) groups excluding carboxylic acids is 2. The Morgan fingerprint density at radius 2 is 1.62 bits per heavy atom. The second kappa shape index (κ2) is 8.13. The van der Waals surface area contributed by atoms with Crippen molar-refractivity contribution in [1.29, 1.82) is 0 Å². The van der Waals surface area contributed by atoms with Crippen molar-refractivity contribution in [3.8, 4) is 0 Å². The quantitative estimate of drug-likeness (QED) is 0.716. The standard InChI is InChI=1S/C12H24N2O2/c1-5-7-14(8-6-2)11(15)9-13-12(16)10(3)4/h10H,5-9H2,1-4H3,(H,13,16). The van der Waals surface area contributed by atoms with Gasteiger partial charge in [-0.2, -0.15) is 0 Å². The number of nitrogens with one attached hydrogen (secondary N) is 1. The molecule has 2 amide bonds. The third-order valence-electron chi connectivity index (χ3n) is 2.28. The zero-order chi connectivity index (χ0) is 12.6. The summed E-state index contributed by atoms with van der Waals surface area (Å²) < 4.78 is 0. The van der Waals surface area contributed by atoms with Gasteiger partial charge in [0.05, 0.1) is 6.54 Å². The molecule has 94 valence electrons. The largest absolute Gasteiger partial charge is 0.347 e. The zero-order valence-electron chi connectivity index (χ0n) is 10.9. The van der Waals surface area contributed by atoms with E-state index in [1.54, 1.807) is 4.90 Å². The summed E-state index contributed by atoms with van der Waals surface area (Å²) in [5, 5.41) is 2.65. The Kier molecular flexibility index (Phi) is 7.60. The van der Waals surface area contributed by atoms with Gasteiger partial charge in [-0.25, -0.2) is 0 Å². The molecule has 0 atom stereocenters. The van der Waals surface area contributed by atoms with E-state index in [1.807, 2.05) is 27.7 Å². The number of rotatable bonds is 7. The lowest BCUT2D eigenvalue weighted by Crippen LogP contribution is -2.41. The van der Waals surface area contributed by atoms with Crippen molar-refractivity contribution in [3.05, 3.63) is 0 Å². The molecule has 0 spiro atoms. The average Bonchev–Trinajstić information content (AvgIpc) is 2.24. The van der Waals surface area contributed by atoms with E-state index in [0.717, 1.165) is 25.9 Å². The summed E-state index contributed by atoms with van der Waals surface area (Å²) >= 11 is 0. The Labute approximate surface area is 98.4 Å². The minimum atomic E-state index is -0.0707. The predicted molar refractivity (Wildman–Crippen MR) is 65.0 cm³/mol. The maximum atomic E-state index is 11.8. The molecular weight excluding hydrogens is 204 g/mol. The molecule has 0 heterocycles. The van der Waals surface area contributed by atoms with Gasteiger partial charge in [0, 0.05) is 19.0 Å². The smallest absolute Gasteiger partial charge is 0.241 e. The highest BCUT2D eigenvalue weighted by molar-refractivity contribution is 5.85. The van der Waals surface area contributed by atoms with Gasteiger partial charge in [-0.3, -0.25) is 9.59 Å². The fraction of sp³-hybridized carbons (Fsp3) is 0.833. The normalized spacial score (nSPS) is 10.3. The summed E-state index contributed by atoms with van der Waals surface area (Å²) in [7, 11) is 0. The zero-order valence-corrected chi connectivity index (χ0v) is 10.9. The molecule has 0 aromatic heterocycles. The molecule has 0 aromatic carbocycles. The van der Waals surface area contributed by atoms with Gasteiger partial charge >= 0.3 is 0 Å². The topological polar surface area (TPSA) is 49.4 Å². The van der Waals surface area contributed by atoms with E-state index < -0.39 is 0 Å². The number of amides is 2. The van der Waals surface area contributed by atoms with E-state index >= 15 is 0 Å². The van der Waals surface area contributed by atoms with Crippen molar-refractivity contribution in [3.63, 3.8) is 0 Å². The van der Waals surface area contributed by atoms with Crippen molar-refractivity contribution < 1.29 is 9.59 Å². The molecule has 0 rings (SSSR count). The second-order valence-corrected chi connectivity index (χ2v) is 4.25. The Balaban J connectivity index is 4.04. The van der Waals surface area contributed by atoms with E-state index in [2.05, 4.69) is 5.32 Å². The highest BCUT2D eigenvalue weighted by Gasteiger charge is 2.13. The fourth-order valence-electron chi connectivity index (χ4n) is 1.38. The van der Waals surface area contributed by atoms with Crippen molar-refractivity contribution in [2.45, 2.75) is 40.5 Å². The molecule has 0 aliphatic heterocycles. The van der Waals surface area contributed by atoms with Crippen molar-refractivity contribution in [2.24, 2.45) is 5.92 Å². The molecule has 16 heavy (non-hydrogen) atoms. The number of carbonyl (C=O) groups is 2. The van der Waals surface area contributed by atoms with Gasteiger partial charge < -0.3 is 10.2 Å². The van der Waals surface area contributed by atoms with Gasteiger partial charge in [0.15, 0.2) is 0 Å². The van der Waals surface area contributed by atoms with Crippen LogP contribution in [0.25, 0.3) is 0 Å². The number of hydrogen-bond donors (Lipinski definition) is 1. The molecule has 0 saturated heterocycles. The molecule has 0 radical (unpaired) electrons. The predicted octanol–water partition coefficient (Wildman–Crippen LogP) is 1.41. The van der Waals surface area contributed by atoms with Crippen molar-refractivity contribution in [2.75, 3.05) is 19.6 Å². The van der Waals surface area contributed by atoms with Crippen LogP contribution < -0.4 is 5.32 Å². The average molecular weight is 228 g/mol. The van der Waals surface area contributed by atoms with Crippen molar-refractivity contribution in [1.82, 2.24) is 10.2 Å². The summed E-state index contributed by atoms with van der Waals surface area (Å²) in [6.07, 6.45) is 1.90. The third-order valence-corrected chi connectivity index (χ3v) is 2.28. The van der Waals surface area contributed by atoms with E-state index in [0.29, 0.717) is 0 Å².